The van der Waals surface area contributed by atoms with E-state index >= 15 is 0 Å². The van der Waals surface area contributed by atoms with E-state index in [1.54, 1.807) is 17.4 Å². The molecule has 2 rings (SSSR count). The van der Waals surface area contributed by atoms with Crippen molar-refractivity contribution < 1.29 is 4.39 Å². The van der Waals surface area contributed by atoms with Crippen LogP contribution in [0.25, 0.3) is 0 Å². The lowest BCUT2D eigenvalue weighted by molar-refractivity contribution is 0.593. The van der Waals surface area contributed by atoms with Crippen molar-refractivity contribution in [1.82, 2.24) is 4.98 Å². The molecule has 0 amide bonds. The second-order valence-electron chi connectivity index (χ2n) is 4.23. The molecule has 1 aromatic heterocycles. The molecule has 96 valence electrons. The van der Waals surface area contributed by atoms with Gasteiger partial charge in [-0.15, -0.1) is 11.3 Å². The van der Waals surface area contributed by atoms with Crippen LogP contribution in [0.4, 0.5) is 4.39 Å². The first-order valence-corrected chi connectivity index (χ1v) is 7.21. The number of rotatable bonds is 3. The number of benzene rings is 1. The van der Waals surface area contributed by atoms with Gasteiger partial charge in [-0.05, 0) is 38.0 Å². The van der Waals surface area contributed by atoms with E-state index in [1.807, 2.05) is 19.9 Å². The van der Waals surface area contributed by atoms with E-state index in [9.17, 15) is 4.39 Å². The van der Waals surface area contributed by atoms with Crippen LogP contribution in [-0.4, -0.2) is 4.98 Å². The van der Waals surface area contributed by atoms with E-state index < -0.39 is 0 Å². The summed E-state index contributed by atoms with van der Waals surface area (Å²) in [7, 11) is 0. The van der Waals surface area contributed by atoms with Gasteiger partial charge in [0.1, 0.15) is 5.82 Å². The molecule has 0 radical (unpaired) electrons. The second kappa shape index (κ2) is 5.47. The average molecular weight is 329 g/mol. The number of hydrogen-bond donors (Lipinski definition) is 1. The molecule has 1 unspecified atom stereocenters. The van der Waals surface area contributed by atoms with Gasteiger partial charge in [0.05, 0.1) is 10.7 Å². The van der Waals surface area contributed by atoms with Crippen LogP contribution in [0.1, 0.15) is 27.2 Å². The zero-order valence-electron chi connectivity index (χ0n) is 10.2. The largest absolute Gasteiger partial charge is 0.323 e. The smallest absolute Gasteiger partial charge is 0.127 e. The molecule has 0 fully saturated rings. The molecule has 18 heavy (non-hydrogen) atoms. The minimum Gasteiger partial charge on any atom is -0.323 e. The molecule has 0 saturated heterocycles. The van der Waals surface area contributed by atoms with Gasteiger partial charge in [-0.3, -0.25) is 0 Å². The van der Waals surface area contributed by atoms with Crippen molar-refractivity contribution in [3.63, 3.8) is 0 Å². The molecule has 0 spiro atoms. The lowest BCUT2D eigenvalue weighted by atomic mass is 10.0. The quantitative estimate of drug-likeness (QED) is 0.927. The Kier molecular flexibility index (Phi) is 4.14. The maximum Gasteiger partial charge on any atom is 0.127 e. The topological polar surface area (TPSA) is 38.9 Å². The third-order valence-electron chi connectivity index (χ3n) is 2.73. The van der Waals surface area contributed by atoms with Crippen molar-refractivity contribution >= 4 is 27.3 Å². The Balaban J connectivity index is 2.21. The molecule has 0 aliphatic carbocycles. The van der Waals surface area contributed by atoms with E-state index in [0.29, 0.717) is 12.0 Å². The van der Waals surface area contributed by atoms with Crippen LogP contribution in [0.5, 0.6) is 0 Å². The van der Waals surface area contributed by atoms with Crippen LogP contribution < -0.4 is 5.73 Å². The number of aromatic nitrogens is 1. The highest BCUT2D eigenvalue weighted by Crippen LogP contribution is 2.27. The molecule has 2 N–H and O–H groups in total. The van der Waals surface area contributed by atoms with Gasteiger partial charge in [0, 0.05) is 15.4 Å². The fourth-order valence-electron chi connectivity index (χ4n) is 1.91. The Morgan fingerprint density at radius 2 is 2.17 bits per heavy atom. The summed E-state index contributed by atoms with van der Waals surface area (Å²) in [6.07, 6.45) is 0.488. The van der Waals surface area contributed by atoms with E-state index in [2.05, 4.69) is 20.9 Å². The van der Waals surface area contributed by atoms with Gasteiger partial charge in [-0.2, -0.15) is 0 Å². The number of thiazole rings is 1. The lowest BCUT2D eigenvalue weighted by Crippen LogP contribution is -2.14. The van der Waals surface area contributed by atoms with Gasteiger partial charge >= 0.3 is 0 Å². The molecule has 2 nitrogen and oxygen atoms in total. The van der Waals surface area contributed by atoms with Crippen molar-refractivity contribution in [2.24, 2.45) is 5.73 Å². The van der Waals surface area contributed by atoms with Crippen LogP contribution in [0.15, 0.2) is 22.7 Å². The molecule has 0 bridgehead atoms. The number of aryl methyl sites for hydroxylation is 2. The van der Waals surface area contributed by atoms with Crippen LogP contribution in [0, 0.1) is 19.7 Å². The van der Waals surface area contributed by atoms with Gasteiger partial charge in [-0.25, -0.2) is 9.37 Å². The van der Waals surface area contributed by atoms with Crippen molar-refractivity contribution in [1.29, 1.82) is 0 Å². The van der Waals surface area contributed by atoms with Gasteiger partial charge in [-0.1, -0.05) is 22.0 Å². The Morgan fingerprint density at radius 3 is 2.72 bits per heavy atom. The van der Waals surface area contributed by atoms with E-state index in [0.717, 1.165) is 20.1 Å². The molecule has 0 aliphatic rings. The first kappa shape index (κ1) is 13.6. The molecule has 5 heteroatoms. The monoisotopic (exact) mass is 328 g/mol. The molecule has 2 aromatic rings. The first-order chi connectivity index (χ1) is 8.47. The summed E-state index contributed by atoms with van der Waals surface area (Å²) < 4.78 is 14.5. The zero-order chi connectivity index (χ0) is 13.3. The van der Waals surface area contributed by atoms with Crippen molar-refractivity contribution in [3.8, 4) is 0 Å². The molecule has 0 aliphatic heterocycles. The number of hydrogen-bond acceptors (Lipinski definition) is 3. The molecule has 1 heterocycles. The summed E-state index contributed by atoms with van der Waals surface area (Å²) in [6, 6.07) is 4.86. The predicted molar refractivity (Wildman–Crippen MR) is 76.3 cm³/mol. The summed E-state index contributed by atoms with van der Waals surface area (Å²) in [6.45, 7) is 3.89. The van der Waals surface area contributed by atoms with E-state index in [4.69, 9.17) is 5.73 Å². The minimum absolute atomic E-state index is 0.202. The maximum absolute atomic E-state index is 13.7. The lowest BCUT2D eigenvalue weighted by Gasteiger charge is -2.11. The highest BCUT2D eigenvalue weighted by atomic mass is 79.9. The van der Waals surface area contributed by atoms with Gasteiger partial charge in [0.2, 0.25) is 0 Å². The highest BCUT2D eigenvalue weighted by Gasteiger charge is 2.15. The van der Waals surface area contributed by atoms with Crippen LogP contribution >= 0.6 is 27.3 Å². The fraction of sp³-hybridized carbons (Fsp3) is 0.308. The summed E-state index contributed by atoms with van der Waals surface area (Å²) >= 11 is 4.83. The molecule has 1 aromatic carbocycles. The molecule has 1 atom stereocenters. The Labute approximate surface area is 118 Å². The van der Waals surface area contributed by atoms with Crippen molar-refractivity contribution in [2.45, 2.75) is 26.3 Å². The average Bonchev–Trinajstić information content (AvgIpc) is 2.62. The SMILES string of the molecule is Cc1nc(C)c(C(N)Cc2ccc(Br)cc2F)s1. The number of nitrogens with zero attached hydrogens (tertiary/aromatic N) is 1. The fourth-order valence-corrected chi connectivity index (χ4v) is 3.17. The summed E-state index contributed by atoms with van der Waals surface area (Å²) in [4.78, 5) is 5.38. The maximum atomic E-state index is 13.7. The van der Waals surface area contributed by atoms with Gasteiger partial charge < -0.3 is 5.73 Å². The third-order valence-corrected chi connectivity index (χ3v) is 4.43. The van der Waals surface area contributed by atoms with E-state index in [-0.39, 0.29) is 11.9 Å². The van der Waals surface area contributed by atoms with Crippen LogP contribution in [-0.2, 0) is 6.42 Å². The Morgan fingerprint density at radius 1 is 1.44 bits per heavy atom. The first-order valence-electron chi connectivity index (χ1n) is 5.61. The summed E-state index contributed by atoms with van der Waals surface area (Å²) in [5.74, 6) is -0.223. The Bertz CT molecular complexity index is 568. The number of nitrogens with two attached hydrogens (primary N) is 1. The van der Waals surface area contributed by atoms with Gasteiger partial charge in [0.15, 0.2) is 0 Å². The molecular weight excluding hydrogens is 315 g/mol. The van der Waals surface area contributed by atoms with Crippen molar-refractivity contribution in [2.75, 3.05) is 0 Å². The minimum atomic E-state index is -0.223. The van der Waals surface area contributed by atoms with Crippen LogP contribution in [0.3, 0.4) is 0 Å². The van der Waals surface area contributed by atoms with E-state index in [1.165, 1.54) is 6.07 Å². The summed E-state index contributed by atoms with van der Waals surface area (Å²) in [5, 5.41) is 0.995. The van der Waals surface area contributed by atoms with Crippen molar-refractivity contribution in [3.05, 3.63) is 49.6 Å². The number of halogens is 2. The predicted octanol–water partition coefficient (Wildman–Crippen LogP) is 3.90. The normalized spacial score (nSPS) is 12.7. The second-order valence-corrected chi connectivity index (χ2v) is 6.38. The Hall–Kier alpha value is -0.780. The third kappa shape index (κ3) is 2.96. The molecular formula is C13H14BrFN2S. The standard InChI is InChI=1S/C13H14BrFN2S/c1-7-13(18-8(2)17-7)12(16)5-9-3-4-10(14)6-11(9)15/h3-4,6,12H,5,16H2,1-2H3. The van der Waals surface area contributed by atoms with Gasteiger partial charge in [0.25, 0.3) is 0 Å². The zero-order valence-corrected chi connectivity index (χ0v) is 12.6. The molecule has 0 saturated carbocycles. The summed E-state index contributed by atoms with van der Waals surface area (Å²) in [5.41, 5.74) is 7.72. The van der Waals surface area contributed by atoms with Crippen LogP contribution in [0.2, 0.25) is 0 Å². The highest BCUT2D eigenvalue weighted by molar-refractivity contribution is 9.10.